The third-order valence-electron chi connectivity index (χ3n) is 5.35. The first-order valence-electron chi connectivity index (χ1n) is 9.15. The molecule has 0 aliphatic heterocycles. The van der Waals surface area contributed by atoms with Gasteiger partial charge in [0.15, 0.2) is 5.78 Å². The van der Waals surface area contributed by atoms with Gasteiger partial charge in [-0.25, -0.2) is 0 Å². The lowest BCUT2D eigenvalue weighted by molar-refractivity contribution is -0.0500. The Labute approximate surface area is 175 Å². The van der Waals surface area contributed by atoms with Crippen molar-refractivity contribution in [1.29, 1.82) is 0 Å². The fourth-order valence-corrected chi connectivity index (χ4v) is 4.33. The number of carbonyl (C=O) groups excluding carboxylic acids is 1. The Morgan fingerprint density at radius 2 is 1.84 bits per heavy atom. The number of fused-ring (bicyclic) bond motifs is 4. The molecule has 1 heterocycles. The molecule has 1 aliphatic carbocycles. The molecule has 1 aromatic heterocycles. The first-order chi connectivity index (χ1) is 14.4. The number of rotatable bonds is 3. The van der Waals surface area contributed by atoms with Gasteiger partial charge >= 0.3 is 15.6 Å². The van der Waals surface area contributed by atoms with Crippen LogP contribution in [-0.4, -0.2) is 38.0 Å². The lowest BCUT2D eigenvalue weighted by atomic mass is 9.71. The fraction of sp³-hybridized carbons (Fsp3) is 0.238. The van der Waals surface area contributed by atoms with Crippen LogP contribution in [0.1, 0.15) is 46.6 Å². The summed E-state index contributed by atoms with van der Waals surface area (Å²) in [6.07, 6.45) is 1.67. The van der Waals surface area contributed by atoms with Crippen LogP contribution in [0.4, 0.5) is 13.2 Å². The van der Waals surface area contributed by atoms with Crippen LogP contribution in [0.3, 0.4) is 0 Å². The Kier molecular flexibility index (Phi) is 4.55. The van der Waals surface area contributed by atoms with Gasteiger partial charge in [-0.2, -0.15) is 21.6 Å². The van der Waals surface area contributed by atoms with E-state index in [-0.39, 0.29) is 11.3 Å². The molecule has 0 saturated heterocycles. The van der Waals surface area contributed by atoms with E-state index in [0.29, 0.717) is 27.7 Å². The van der Waals surface area contributed by atoms with Crippen molar-refractivity contribution in [3.8, 4) is 5.75 Å². The second-order valence-corrected chi connectivity index (χ2v) is 9.25. The summed E-state index contributed by atoms with van der Waals surface area (Å²) in [6.45, 7) is 3.59. The minimum absolute atomic E-state index is 0.273. The van der Waals surface area contributed by atoms with Gasteiger partial charge in [0.2, 0.25) is 0 Å². The number of aliphatic imine (C=N–C) groups is 1. The molecular weight excluding hydrogens is 433 g/mol. The first kappa shape index (κ1) is 21.1. The number of halogens is 3. The summed E-state index contributed by atoms with van der Waals surface area (Å²) in [7, 11) is -4.18. The summed E-state index contributed by atoms with van der Waals surface area (Å²) in [5.74, 6) is -0.823. The maximum atomic E-state index is 13.3. The fourth-order valence-electron chi connectivity index (χ4n) is 3.88. The third-order valence-corrected chi connectivity index (χ3v) is 6.33. The molecule has 4 rings (SSSR count). The number of aromatic nitrogens is 1. The van der Waals surface area contributed by atoms with E-state index in [1.807, 2.05) is 18.2 Å². The van der Waals surface area contributed by atoms with E-state index in [1.165, 1.54) is 12.1 Å². The van der Waals surface area contributed by atoms with Crippen LogP contribution < -0.4 is 4.18 Å². The van der Waals surface area contributed by atoms with Crippen molar-refractivity contribution in [3.63, 3.8) is 0 Å². The van der Waals surface area contributed by atoms with Gasteiger partial charge in [-0.05, 0) is 35.4 Å². The summed E-state index contributed by atoms with van der Waals surface area (Å²) >= 11 is 0. The number of H-pyrrole nitrogens is 1. The molecule has 0 unspecified atom stereocenters. The van der Waals surface area contributed by atoms with Crippen LogP contribution in [-0.2, 0) is 15.5 Å². The normalized spacial score (nSPS) is 15.9. The molecule has 10 heteroatoms. The summed E-state index contributed by atoms with van der Waals surface area (Å²) < 4.78 is 65.1. The zero-order valence-corrected chi connectivity index (χ0v) is 17.5. The molecule has 0 saturated carbocycles. The number of hydrogen-bond acceptors (Lipinski definition) is 5. The molecule has 0 bridgehead atoms. The van der Waals surface area contributed by atoms with E-state index in [4.69, 9.17) is 0 Å². The van der Waals surface area contributed by atoms with Crippen LogP contribution in [0.2, 0.25) is 0 Å². The van der Waals surface area contributed by atoms with E-state index in [0.717, 1.165) is 11.6 Å². The number of aromatic amines is 1. The molecule has 0 fully saturated rings. The molecule has 1 N–H and O–H groups in total. The highest BCUT2D eigenvalue weighted by molar-refractivity contribution is 7.88. The van der Waals surface area contributed by atoms with Crippen molar-refractivity contribution >= 4 is 33.0 Å². The SMILES string of the molecule is CN=Cc1ccc2c3c([nH]c2c1)C(C)(C)c1cc(OS(=O)(=O)C(F)(F)F)ccc1C3=O. The van der Waals surface area contributed by atoms with Gasteiger partial charge in [-0.15, -0.1) is 0 Å². The minimum Gasteiger partial charge on any atom is -0.376 e. The number of benzene rings is 2. The molecule has 0 atom stereocenters. The average molecular weight is 450 g/mol. The van der Waals surface area contributed by atoms with Crippen LogP contribution in [0.5, 0.6) is 5.75 Å². The van der Waals surface area contributed by atoms with Gasteiger partial charge < -0.3 is 9.17 Å². The highest BCUT2D eigenvalue weighted by Gasteiger charge is 2.49. The van der Waals surface area contributed by atoms with Gasteiger partial charge in [0.05, 0.1) is 5.56 Å². The molecule has 162 valence electrons. The van der Waals surface area contributed by atoms with Gasteiger partial charge in [-0.3, -0.25) is 9.79 Å². The van der Waals surface area contributed by atoms with Gasteiger partial charge in [0.1, 0.15) is 5.75 Å². The Balaban J connectivity index is 1.87. The van der Waals surface area contributed by atoms with E-state index in [9.17, 15) is 26.4 Å². The van der Waals surface area contributed by atoms with Gasteiger partial charge in [-0.1, -0.05) is 26.0 Å². The summed E-state index contributed by atoms with van der Waals surface area (Å²) in [6, 6.07) is 9.00. The Morgan fingerprint density at radius 1 is 1.13 bits per heavy atom. The number of nitrogens with one attached hydrogen (secondary N) is 1. The number of ketones is 1. The Bertz CT molecular complexity index is 1370. The highest BCUT2D eigenvalue weighted by Crippen LogP contribution is 2.45. The summed E-state index contributed by atoms with van der Waals surface area (Å²) in [4.78, 5) is 20.5. The van der Waals surface area contributed by atoms with Crippen LogP contribution in [0.15, 0.2) is 41.4 Å². The van der Waals surface area contributed by atoms with Crippen molar-refractivity contribution in [3.05, 3.63) is 64.3 Å². The van der Waals surface area contributed by atoms with Gasteiger partial charge in [0, 0.05) is 40.8 Å². The largest absolute Gasteiger partial charge is 0.534 e. The first-order valence-corrected chi connectivity index (χ1v) is 10.6. The monoisotopic (exact) mass is 450 g/mol. The molecule has 2 aromatic carbocycles. The molecule has 1 aliphatic rings. The van der Waals surface area contributed by atoms with Crippen molar-refractivity contribution in [2.45, 2.75) is 24.8 Å². The molecule has 0 spiro atoms. The molecule has 0 amide bonds. The van der Waals surface area contributed by atoms with E-state index >= 15 is 0 Å². The zero-order chi connectivity index (χ0) is 22.8. The molecule has 6 nitrogen and oxygen atoms in total. The maximum absolute atomic E-state index is 13.3. The minimum atomic E-state index is -5.82. The van der Waals surface area contributed by atoms with E-state index in [1.54, 1.807) is 27.1 Å². The zero-order valence-electron chi connectivity index (χ0n) is 16.7. The predicted octanol–water partition coefficient (Wildman–Crippen LogP) is 4.32. The molecule has 3 aromatic rings. The number of carbonyl (C=O) groups is 1. The van der Waals surface area contributed by atoms with Crippen LogP contribution >= 0.6 is 0 Å². The number of nitrogens with zero attached hydrogens (tertiary/aromatic N) is 1. The maximum Gasteiger partial charge on any atom is 0.534 e. The third kappa shape index (κ3) is 3.21. The quantitative estimate of drug-likeness (QED) is 0.366. The lowest BCUT2D eigenvalue weighted by Gasteiger charge is -2.32. The predicted molar refractivity (Wildman–Crippen MR) is 109 cm³/mol. The summed E-state index contributed by atoms with van der Waals surface area (Å²) in [5, 5.41) is 0.715. The highest BCUT2D eigenvalue weighted by atomic mass is 32.2. The van der Waals surface area contributed by atoms with Gasteiger partial charge in [0.25, 0.3) is 0 Å². The standard InChI is InChI=1S/C21H17F3N2O4S/c1-20(2)15-9-12(30-31(28,29)21(22,23)24)5-7-13(15)18(27)17-14-6-4-11(10-25-3)8-16(14)26-19(17)20/h4-10,26H,1-3H3. The average Bonchev–Trinajstić information content (AvgIpc) is 3.05. The number of alkyl halides is 3. The Morgan fingerprint density at radius 3 is 2.48 bits per heavy atom. The van der Waals surface area contributed by atoms with Crippen molar-refractivity contribution in [2.24, 2.45) is 4.99 Å². The Hall–Kier alpha value is -3.14. The van der Waals surface area contributed by atoms with Crippen molar-refractivity contribution in [2.75, 3.05) is 7.05 Å². The van der Waals surface area contributed by atoms with Crippen LogP contribution in [0, 0.1) is 0 Å². The molecule has 31 heavy (non-hydrogen) atoms. The number of hydrogen-bond donors (Lipinski definition) is 1. The van der Waals surface area contributed by atoms with E-state index in [2.05, 4.69) is 14.2 Å². The van der Waals surface area contributed by atoms with Crippen LogP contribution in [0.25, 0.3) is 10.9 Å². The molecule has 0 radical (unpaired) electrons. The topological polar surface area (TPSA) is 88.6 Å². The van der Waals surface area contributed by atoms with Crippen molar-refractivity contribution in [1.82, 2.24) is 4.98 Å². The van der Waals surface area contributed by atoms with E-state index < -0.39 is 26.8 Å². The van der Waals surface area contributed by atoms with Crippen molar-refractivity contribution < 1.29 is 30.6 Å². The second kappa shape index (κ2) is 6.68. The lowest BCUT2D eigenvalue weighted by Crippen LogP contribution is -2.31. The summed E-state index contributed by atoms with van der Waals surface area (Å²) in [5.41, 5.74) is -3.14. The second-order valence-electron chi connectivity index (χ2n) is 7.71. The smallest absolute Gasteiger partial charge is 0.376 e. The molecular formula is C21H17F3N2O4S.